The van der Waals surface area contributed by atoms with Crippen molar-refractivity contribution in [1.29, 1.82) is 0 Å². The molecule has 2 aliphatic carbocycles. The zero-order valence-electron chi connectivity index (χ0n) is 11.2. The molecule has 1 heterocycles. The summed E-state index contributed by atoms with van der Waals surface area (Å²) in [6.07, 6.45) is 5.02. The Hall–Kier alpha value is -0.530. The molecule has 0 unspecified atom stereocenters. The Kier molecular flexibility index (Phi) is 2.53. The lowest BCUT2D eigenvalue weighted by molar-refractivity contribution is -0.142. The number of hydrogen-bond donors (Lipinski definition) is 0. The van der Waals surface area contributed by atoms with Crippen LogP contribution in [-0.4, -0.2) is 12.6 Å². The van der Waals surface area contributed by atoms with Crippen molar-refractivity contribution in [2.75, 3.05) is 6.61 Å². The summed E-state index contributed by atoms with van der Waals surface area (Å²) < 4.78 is 5.34. The lowest BCUT2D eigenvalue weighted by Gasteiger charge is -2.44. The zero-order chi connectivity index (χ0) is 12.2. The quantitative estimate of drug-likeness (QED) is 0.653. The maximum Gasteiger partial charge on any atom is 0.309 e. The molecule has 3 rings (SSSR count). The second kappa shape index (κ2) is 3.73. The minimum absolute atomic E-state index is 0.0893. The van der Waals surface area contributed by atoms with E-state index < -0.39 is 0 Å². The van der Waals surface area contributed by atoms with E-state index >= 15 is 0 Å². The highest BCUT2D eigenvalue weighted by Crippen LogP contribution is 2.61. The van der Waals surface area contributed by atoms with E-state index in [-0.39, 0.29) is 11.9 Å². The fraction of sp³-hybridized carbons (Fsp3) is 0.933. The fourth-order valence-corrected chi connectivity index (χ4v) is 4.98. The SMILES string of the molecule is CC(C)[C@H]1CC[C@@]2(C)CC[C@H]3C(=O)OC[C@H]3[C@H]12. The third-order valence-corrected chi connectivity index (χ3v) is 5.90. The third-order valence-electron chi connectivity index (χ3n) is 5.90. The Morgan fingerprint density at radius 2 is 2.00 bits per heavy atom. The first-order chi connectivity index (χ1) is 8.03. The van der Waals surface area contributed by atoms with E-state index in [0.29, 0.717) is 17.9 Å². The molecule has 17 heavy (non-hydrogen) atoms. The Balaban J connectivity index is 1.92. The summed E-state index contributed by atoms with van der Waals surface area (Å²) in [6, 6.07) is 0. The monoisotopic (exact) mass is 236 g/mol. The molecule has 0 amide bonds. The molecule has 96 valence electrons. The maximum atomic E-state index is 11.8. The Morgan fingerprint density at radius 3 is 2.71 bits per heavy atom. The van der Waals surface area contributed by atoms with E-state index in [9.17, 15) is 4.79 Å². The Morgan fingerprint density at radius 1 is 1.29 bits per heavy atom. The maximum absolute atomic E-state index is 11.8. The number of rotatable bonds is 1. The number of fused-ring (bicyclic) bond motifs is 3. The number of hydrogen-bond acceptors (Lipinski definition) is 2. The van der Waals surface area contributed by atoms with E-state index in [4.69, 9.17) is 4.74 Å². The molecule has 0 spiro atoms. The van der Waals surface area contributed by atoms with Crippen molar-refractivity contribution in [3.05, 3.63) is 0 Å². The van der Waals surface area contributed by atoms with Crippen LogP contribution in [0.1, 0.15) is 46.5 Å². The van der Waals surface area contributed by atoms with E-state index in [2.05, 4.69) is 20.8 Å². The molecule has 1 aliphatic heterocycles. The van der Waals surface area contributed by atoms with Gasteiger partial charge in [-0.15, -0.1) is 0 Å². The normalized spacial score (nSPS) is 49.1. The highest BCUT2D eigenvalue weighted by Gasteiger charge is 2.57. The highest BCUT2D eigenvalue weighted by molar-refractivity contribution is 5.75. The second-order valence-corrected chi connectivity index (χ2v) is 7.07. The van der Waals surface area contributed by atoms with E-state index in [1.54, 1.807) is 0 Å². The predicted octanol–water partition coefficient (Wildman–Crippen LogP) is 3.26. The van der Waals surface area contributed by atoms with Crippen LogP contribution < -0.4 is 0 Å². The lowest BCUT2D eigenvalue weighted by Crippen LogP contribution is -2.42. The molecule has 1 saturated heterocycles. The molecule has 0 radical (unpaired) electrons. The first-order valence-corrected chi connectivity index (χ1v) is 7.19. The van der Waals surface area contributed by atoms with Gasteiger partial charge in [0.05, 0.1) is 12.5 Å². The third kappa shape index (κ3) is 1.56. The first-order valence-electron chi connectivity index (χ1n) is 7.19. The second-order valence-electron chi connectivity index (χ2n) is 7.07. The molecule has 0 N–H and O–H groups in total. The molecular weight excluding hydrogens is 212 g/mol. The van der Waals surface area contributed by atoms with Crippen LogP contribution in [0.4, 0.5) is 0 Å². The number of carbonyl (C=O) groups excluding carboxylic acids is 1. The molecule has 2 saturated carbocycles. The molecule has 0 aromatic carbocycles. The van der Waals surface area contributed by atoms with E-state index in [1.807, 2.05) is 0 Å². The smallest absolute Gasteiger partial charge is 0.309 e. The molecule has 2 nitrogen and oxygen atoms in total. The Bertz CT molecular complexity index is 336. The van der Waals surface area contributed by atoms with Crippen LogP contribution in [0.25, 0.3) is 0 Å². The van der Waals surface area contributed by atoms with Gasteiger partial charge in [0, 0.05) is 5.92 Å². The minimum Gasteiger partial charge on any atom is -0.465 e. The van der Waals surface area contributed by atoms with Gasteiger partial charge < -0.3 is 4.74 Å². The van der Waals surface area contributed by atoms with Crippen LogP contribution in [-0.2, 0) is 9.53 Å². The molecule has 0 aromatic rings. The van der Waals surface area contributed by atoms with Crippen molar-refractivity contribution in [1.82, 2.24) is 0 Å². The molecule has 3 fully saturated rings. The molecular formula is C15H24O2. The summed E-state index contributed by atoms with van der Waals surface area (Å²) in [7, 11) is 0. The van der Waals surface area contributed by atoms with Crippen molar-refractivity contribution in [3.8, 4) is 0 Å². The molecule has 5 atom stereocenters. The van der Waals surface area contributed by atoms with Crippen LogP contribution in [0, 0.1) is 35.0 Å². The zero-order valence-corrected chi connectivity index (χ0v) is 11.2. The summed E-state index contributed by atoms with van der Waals surface area (Å²) in [5, 5.41) is 0. The fourth-order valence-electron chi connectivity index (χ4n) is 4.98. The van der Waals surface area contributed by atoms with Gasteiger partial charge in [-0.2, -0.15) is 0 Å². The largest absolute Gasteiger partial charge is 0.465 e. The summed E-state index contributed by atoms with van der Waals surface area (Å²) >= 11 is 0. The van der Waals surface area contributed by atoms with Gasteiger partial charge in [0.1, 0.15) is 0 Å². The van der Waals surface area contributed by atoms with Gasteiger partial charge in [-0.1, -0.05) is 20.8 Å². The average Bonchev–Trinajstić information content (AvgIpc) is 2.79. The highest BCUT2D eigenvalue weighted by atomic mass is 16.5. The van der Waals surface area contributed by atoms with E-state index in [1.165, 1.54) is 19.3 Å². The topological polar surface area (TPSA) is 26.3 Å². The van der Waals surface area contributed by atoms with Crippen LogP contribution in [0.5, 0.6) is 0 Å². The van der Waals surface area contributed by atoms with E-state index in [0.717, 1.165) is 24.2 Å². The molecule has 0 bridgehead atoms. The minimum atomic E-state index is 0.0893. The van der Waals surface area contributed by atoms with Crippen LogP contribution in [0.2, 0.25) is 0 Å². The van der Waals surface area contributed by atoms with Crippen molar-refractivity contribution >= 4 is 5.97 Å². The van der Waals surface area contributed by atoms with Crippen molar-refractivity contribution in [2.24, 2.45) is 35.0 Å². The molecule has 2 heteroatoms. The van der Waals surface area contributed by atoms with Gasteiger partial charge in [0.2, 0.25) is 0 Å². The number of cyclic esters (lactones) is 1. The Labute approximate surface area is 104 Å². The predicted molar refractivity (Wildman–Crippen MR) is 66.3 cm³/mol. The van der Waals surface area contributed by atoms with Gasteiger partial charge in [0.25, 0.3) is 0 Å². The first kappa shape index (κ1) is 11.6. The summed E-state index contributed by atoms with van der Waals surface area (Å²) in [4.78, 5) is 11.8. The van der Waals surface area contributed by atoms with Crippen molar-refractivity contribution in [2.45, 2.75) is 46.5 Å². The van der Waals surface area contributed by atoms with Crippen molar-refractivity contribution < 1.29 is 9.53 Å². The summed E-state index contributed by atoms with van der Waals surface area (Å²) in [6.45, 7) is 7.85. The van der Waals surface area contributed by atoms with Gasteiger partial charge in [-0.05, 0) is 48.9 Å². The standard InChI is InChI=1S/C15H24O2/c1-9(2)10-4-6-15(3)7-5-11-12(13(10)15)8-17-14(11)16/h9-13H,4-8H2,1-3H3/t10-,11-,12-,13+,15+/m1/s1. The summed E-state index contributed by atoms with van der Waals surface area (Å²) in [5.41, 5.74) is 0.490. The lowest BCUT2D eigenvalue weighted by atomic mass is 9.58. The number of esters is 1. The van der Waals surface area contributed by atoms with Crippen LogP contribution in [0.3, 0.4) is 0 Å². The molecule has 0 aromatic heterocycles. The number of carbonyl (C=O) groups is 1. The molecule has 3 aliphatic rings. The van der Waals surface area contributed by atoms with Gasteiger partial charge >= 0.3 is 5.97 Å². The average molecular weight is 236 g/mol. The van der Waals surface area contributed by atoms with Crippen molar-refractivity contribution in [3.63, 3.8) is 0 Å². The number of ether oxygens (including phenoxy) is 1. The van der Waals surface area contributed by atoms with Gasteiger partial charge in [-0.25, -0.2) is 0 Å². The van der Waals surface area contributed by atoms with Crippen LogP contribution in [0.15, 0.2) is 0 Å². The van der Waals surface area contributed by atoms with Gasteiger partial charge in [-0.3, -0.25) is 4.79 Å². The van der Waals surface area contributed by atoms with Crippen LogP contribution >= 0.6 is 0 Å². The van der Waals surface area contributed by atoms with Gasteiger partial charge in [0.15, 0.2) is 0 Å². The summed E-state index contributed by atoms with van der Waals surface area (Å²) in [5.74, 6) is 3.13.